The zero-order valence-corrected chi connectivity index (χ0v) is 12.8. The molecule has 0 saturated heterocycles. The molecule has 0 saturated carbocycles. The Morgan fingerprint density at radius 3 is 2.60 bits per heavy atom. The number of hydrogen-bond donors (Lipinski definition) is 1. The lowest BCUT2D eigenvalue weighted by Crippen LogP contribution is -2.25. The number of fused-ring (bicyclic) bond motifs is 1. The molecule has 1 N–H and O–H groups in total. The molecule has 0 aliphatic carbocycles. The quantitative estimate of drug-likeness (QED) is 0.770. The number of imidazole rings is 1. The Morgan fingerprint density at radius 2 is 1.84 bits per heavy atom. The van der Waals surface area contributed by atoms with Gasteiger partial charge in [-0.15, -0.1) is 0 Å². The highest BCUT2D eigenvalue weighted by Crippen LogP contribution is 2.37. The molecule has 1 atom stereocenters. The van der Waals surface area contributed by atoms with Crippen molar-refractivity contribution < 1.29 is 18.0 Å². The molecule has 25 heavy (non-hydrogen) atoms. The first-order valence-electron chi connectivity index (χ1n) is 7.61. The van der Waals surface area contributed by atoms with Gasteiger partial charge in [-0.25, -0.2) is 18.2 Å². The average molecular weight is 343 g/mol. The Hall–Kier alpha value is -3.09. The molecule has 0 radical (unpaired) electrons. The largest absolute Gasteiger partial charge is 0.310 e. The number of para-hydroxylation sites is 1. The minimum absolute atomic E-state index is 0.0480. The van der Waals surface area contributed by atoms with Crippen molar-refractivity contribution in [2.24, 2.45) is 0 Å². The molecule has 3 aromatic rings. The maximum absolute atomic E-state index is 14.1. The van der Waals surface area contributed by atoms with E-state index in [0.717, 1.165) is 12.1 Å². The van der Waals surface area contributed by atoms with Crippen LogP contribution in [-0.4, -0.2) is 15.5 Å². The highest BCUT2D eigenvalue weighted by atomic mass is 19.2. The summed E-state index contributed by atoms with van der Waals surface area (Å²) in [5, 5.41) is 2.69. The molecule has 4 nitrogen and oxygen atoms in total. The summed E-state index contributed by atoms with van der Waals surface area (Å²) in [5.41, 5.74) is 1.16. The summed E-state index contributed by atoms with van der Waals surface area (Å²) in [4.78, 5) is 16.4. The van der Waals surface area contributed by atoms with Crippen LogP contribution < -0.4 is 5.32 Å². The number of rotatable bonds is 2. The monoisotopic (exact) mass is 343 g/mol. The normalized spacial score (nSPS) is 16.4. The van der Waals surface area contributed by atoms with Gasteiger partial charge in [-0.2, -0.15) is 0 Å². The van der Waals surface area contributed by atoms with Gasteiger partial charge in [0.25, 0.3) is 0 Å². The summed E-state index contributed by atoms with van der Waals surface area (Å²) in [6.07, 6.45) is 1.45. The van der Waals surface area contributed by atoms with E-state index in [1.807, 2.05) is 0 Å². The molecule has 1 aromatic heterocycles. The first-order valence-corrected chi connectivity index (χ1v) is 7.61. The molecule has 0 unspecified atom stereocenters. The van der Waals surface area contributed by atoms with E-state index in [4.69, 9.17) is 0 Å². The molecule has 0 fully saturated rings. The van der Waals surface area contributed by atoms with Crippen LogP contribution in [0.25, 0.3) is 5.69 Å². The summed E-state index contributed by atoms with van der Waals surface area (Å²) in [6.45, 7) is 0. The number of nitrogens with zero attached hydrogens (tertiary/aromatic N) is 2. The molecule has 1 aliphatic heterocycles. The van der Waals surface area contributed by atoms with Crippen LogP contribution in [0.15, 0.2) is 48.8 Å². The summed E-state index contributed by atoms with van der Waals surface area (Å²) in [7, 11) is 0. The number of benzene rings is 2. The second-order valence-electron chi connectivity index (χ2n) is 5.78. The van der Waals surface area contributed by atoms with Crippen LogP contribution in [-0.2, 0) is 4.79 Å². The average Bonchev–Trinajstić information content (AvgIpc) is 3.00. The van der Waals surface area contributed by atoms with Crippen LogP contribution in [0.4, 0.5) is 19.0 Å². The summed E-state index contributed by atoms with van der Waals surface area (Å²) >= 11 is 0. The predicted molar refractivity (Wildman–Crippen MR) is 85.0 cm³/mol. The number of aromatic nitrogens is 2. The van der Waals surface area contributed by atoms with Crippen molar-refractivity contribution in [1.82, 2.24) is 9.55 Å². The fraction of sp³-hybridized carbons (Fsp3) is 0.111. The van der Waals surface area contributed by atoms with Crippen LogP contribution >= 0.6 is 0 Å². The number of hydrogen-bond acceptors (Lipinski definition) is 2. The first kappa shape index (κ1) is 15.4. The lowest BCUT2D eigenvalue weighted by molar-refractivity contribution is -0.116. The van der Waals surface area contributed by atoms with Crippen molar-refractivity contribution in [1.29, 1.82) is 0 Å². The SMILES string of the molecule is O=C1C[C@@H](c2ccc(F)c(F)c2)c2ncn(-c3ccccc3F)c2N1. The number of amides is 1. The lowest BCUT2D eigenvalue weighted by Gasteiger charge is -2.23. The fourth-order valence-electron chi connectivity index (χ4n) is 3.04. The Balaban J connectivity index is 1.84. The van der Waals surface area contributed by atoms with Crippen LogP contribution in [0.3, 0.4) is 0 Å². The zero-order valence-electron chi connectivity index (χ0n) is 12.8. The predicted octanol–water partition coefficient (Wildman–Crippen LogP) is 3.76. The van der Waals surface area contributed by atoms with Gasteiger partial charge in [0.1, 0.15) is 18.0 Å². The van der Waals surface area contributed by atoms with Gasteiger partial charge in [0.15, 0.2) is 11.6 Å². The lowest BCUT2D eigenvalue weighted by atomic mass is 9.89. The van der Waals surface area contributed by atoms with Gasteiger partial charge in [0.05, 0.1) is 11.4 Å². The second-order valence-corrected chi connectivity index (χ2v) is 5.78. The molecule has 0 spiro atoms. The van der Waals surface area contributed by atoms with E-state index in [-0.39, 0.29) is 18.0 Å². The van der Waals surface area contributed by atoms with Crippen LogP contribution in [0, 0.1) is 17.5 Å². The number of carbonyl (C=O) groups excluding carboxylic acids is 1. The minimum atomic E-state index is -0.987. The Bertz CT molecular complexity index is 983. The van der Waals surface area contributed by atoms with Crippen molar-refractivity contribution in [3.63, 3.8) is 0 Å². The van der Waals surface area contributed by atoms with Gasteiger partial charge in [0.2, 0.25) is 5.91 Å². The standard InChI is InChI=1S/C18H12F3N3O/c19-12-6-5-10(7-14(12)21)11-8-16(25)23-18-17(11)22-9-24(18)15-4-2-1-3-13(15)20/h1-7,9,11H,8H2,(H,23,25)/t11-/m0/s1. The van der Waals surface area contributed by atoms with Gasteiger partial charge in [-0.1, -0.05) is 18.2 Å². The van der Waals surface area contributed by atoms with Gasteiger partial charge in [-0.05, 0) is 29.8 Å². The number of carbonyl (C=O) groups is 1. The first-order chi connectivity index (χ1) is 12.0. The number of halogens is 3. The molecule has 1 aliphatic rings. The van der Waals surface area contributed by atoms with E-state index < -0.39 is 23.4 Å². The smallest absolute Gasteiger partial charge is 0.226 e. The third-order valence-electron chi connectivity index (χ3n) is 4.23. The summed E-state index contributed by atoms with van der Waals surface area (Å²) in [6, 6.07) is 9.60. The number of nitrogens with one attached hydrogen (secondary N) is 1. The minimum Gasteiger partial charge on any atom is -0.310 e. The molecule has 4 rings (SSSR count). The van der Waals surface area contributed by atoms with E-state index in [9.17, 15) is 18.0 Å². The van der Waals surface area contributed by atoms with Crippen molar-refractivity contribution in [3.8, 4) is 5.69 Å². The van der Waals surface area contributed by atoms with Gasteiger partial charge < -0.3 is 5.32 Å². The van der Waals surface area contributed by atoms with E-state index in [1.54, 1.807) is 18.2 Å². The van der Waals surface area contributed by atoms with Gasteiger partial charge in [-0.3, -0.25) is 9.36 Å². The third-order valence-corrected chi connectivity index (χ3v) is 4.23. The van der Waals surface area contributed by atoms with Gasteiger partial charge >= 0.3 is 0 Å². The highest BCUT2D eigenvalue weighted by molar-refractivity contribution is 5.94. The van der Waals surface area contributed by atoms with Crippen LogP contribution in [0.5, 0.6) is 0 Å². The topological polar surface area (TPSA) is 46.9 Å². The highest BCUT2D eigenvalue weighted by Gasteiger charge is 2.31. The molecule has 2 heterocycles. The Labute approximate surface area is 140 Å². The molecular formula is C18H12F3N3O. The summed E-state index contributed by atoms with van der Waals surface area (Å²) < 4.78 is 42.3. The van der Waals surface area contributed by atoms with E-state index in [1.165, 1.54) is 23.0 Å². The molecule has 126 valence electrons. The molecule has 2 aromatic carbocycles. The molecule has 0 bridgehead atoms. The van der Waals surface area contributed by atoms with Crippen molar-refractivity contribution in [2.45, 2.75) is 12.3 Å². The summed E-state index contributed by atoms with van der Waals surface area (Å²) in [5.74, 6) is -2.92. The second kappa shape index (κ2) is 5.77. The van der Waals surface area contributed by atoms with E-state index in [0.29, 0.717) is 17.1 Å². The Morgan fingerprint density at radius 1 is 1.04 bits per heavy atom. The maximum atomic E-state index is 14.1. The van der Waals surface area contributed by atoms with E-state index >= 15 is 0 Å². The van der Waals surface area contributed by atoms with Crippen LogP contribution in [0.2, 0.25) is 0 Å². The Kier molecular flexibility index (Phi) is 3.56. The third kappa shape index (κ3) is 2.57. The van der Waals surface area contributed by atoms with Crippen LogP contribution in [0.1, 0.15) is 23.6 Å². The van der Waals surface area contributed by atoms with Crippen molar-refractivity contribution >= 4 is 11.7 Å². The van der Waals surface area contributed by atoms with Gasteiger partial charge in [0, 0.05) is 12.3 Å². The van der Waals surface area contributed by atoms with Crippen molar-refractivity contribution in [3.05, 3.63) is 77.5 Å². The number of anilines is 1. The molecule has 1 amide bonds. The van der Waals surface area contributed by atoms with E-state index in [2.05, 4.69) is 10.3 Å². The molecular weight excluding hydrogens is 331 g/mol. The fourth-order valence-corrected chi connectivity index (χ4v) is 3.04. The zero-order chi connectivity index (χ0) is 17.6. The maximum Gasteiger partial charge on any atom is 0.226 e. The molecule has 7 heteroatoms. The van der Waals surface area contributed by atoms with Crippen molar-refractivity contribution in [2.75, 3.05) is 5.32 Å².